The summed E-state index contributed by atoms with van der Waals surface area (Å²) in [6.07, 6.45) is 3.07. The molecular weight excluding hydrogens is 304 g/mol. The summed E-state index contributed by atoms with van der Waals surface area (Å²) in [5.74, 6) is 1.80. The van der Waals surface area contributed by atoms with Crippen molar-refractivity contribution in [1.29, 1.82) is 0 Å². The molecule has 2 rings (SSSR count). The van der Waals surface area contributed by atoms with Gasteiger partial charge in [-0.25, -0.2) is 0 Å². The molecule has 1 fully saturated rings. The molecule has 3 N–H and O–H groups in total. The maximum absolute atomic E-state index is 12.3. The van der Waals surface area contributed by atoms with Crippen molar-refractivity contribution in [3.05, 3.63) is 23.8 Å². The summed E-state index contributed by atoms with van der Waals surface area (Å²) in [6, 6.07) is 5.66. The molecule has 0 aliphatic heterocycles. The van der Waals surface area contributed by atoms with Crippen LogP contribution in [0.3, 0.4) is 0 Å². The topological polar surface area (TPSA) is 73.6 Å². The molecule has 0 spiro atoms. The molecule has 0 saturated heterocycles. The van der Waals surface area contributed by atoms with Crippen molar-refractivity contribution < 1.29 is 14.3 Å². The van der Waals surface area contributed by atoms with Gasteiger partial charge in [0.1, 0.15) is 0 Å². The summed E-state index contributed by atoms with van der Waals surface area (Å²) in [6.45, 7) is 1.02. The fraction of sp³-hybridized carbons (Fsp3) is 0.562. The molecular formula is C16H25ClN2O3. The zero-order chi connectivity index (χ0) is 15.2. The highest BCUT2D eigenvalue weighted by atomic mass is 35.5. The van der Waals surface area contributed by atoms with Gasteiger partial charge in [-0.1, -0.05) is 18.6 Å². The van der Waals surface area contributed by atoms with Gasteiger partial charge in [0, 0.05) is 18.0 Å². The zero-order valence-corrected chi connectivity index (χ0v) is 13.9. The molecule has 0 bridgehead atoms. The van der Waals surface area contributed by atoms with Crippen LogP contribution in [0.25, 0.3) is 0 Å². The first-order valence-corrected chi connectivity index (χ1v) is 7.38. The number of para-hydroxylation sites is 1. The average Bonchev–Trinajstić information content (AvgIpc) is 3.00. The highest BCUT2D eigenvalue weighted by molar-refractivity contribution is 5.85. The molecule has 1 aromatic rings. The number of nitrogens with two attached hydrogens (primary N) is 1. The van der Waals surface area contributed by atoms with E-state index in [-0.39, 0.29) is 24.2 Å². The molecule has 0 radical (unpaired) electrons. The Bertz CT molecular complexity index is 496. The van der Waals surface area contributed by atoms with Crippen LogP contribution in [-0.4, -0.2) is 26.7 Å². The highest BCUT2D eigenvalue weighted by Gasteiger charge is 2.31. The van der Waals surface area contributed by atoms with Crippen molar-refractivity contribution >= 4 is 18.3 Å². The van der Waals surface area contributed by atoms with Crippen LogP contribution in [0.15, 0.2) is 18.2 Å². The van der Waals surface area contributed by atoms with E-state index in [1.807, 2.05) is 18.2 Å². The van der Waals surface area contributed by atoms with Gasteiger partial charge in [0.2, 0.25) is 5.91 Å². The summed E-state index contributed by atoms with van der Waals surface area (Å²) in [4.78, 5) is 12.3. The van der Waals surface area contributed by atoms with E-state index in [1.165, 1.54) is 0 Å². The van der Waals surface area contributed by atoms with Gasteiger partial charge in [-0.2, -0.15) is 0 Å². The normalized spacial score (nSPS) is 20.1. The van der Waals surface area contributed by atoms with E-state index in [0.29, 0.717) is 30.5 Å². The fourth-order valence-electron chi connectivity index (χ4n) is 3.07. The lowest BCUT2D eigenvalue weighted by Gasteiger charge is -2.18. The molecule has 0 unspecified atom stereocenters. The van der Waals surface area contributed by atoms with Crippen LogP contribution in [0, 0.1) is 11.8 Å². The van der Waals surface area contributed by atoms with Gasteiger partial charge in [-0.05, 0) is 31.4 Å². The van der Waals surface area contributed by atoms with Gasteiger partial charge >= 0.3 is 0 Å². The summed E-state index contributed by atoms with van der Waals surface area (Å²) < 4.78 is 10.6. The predicted molar refractivity (Wildman–Crippen MR) is 88.5 cm³/mol. The Labute approximate surface area is 138 Å². The van der Waals surface area contributed by atoms with Gasteiger partial charge in [-0.3, -0.25) is 4.79 Å². The Morgan fingerprint density at radius 3 is 2.73 bits per heavy atom. The average molecular weight is 329 g/mol. The van der Waals surface area contributed by atoms with Crippen molar-refractivity contribution in [3.63, 3.8) is 0 Å². The van der Waals surface area contributed by atoms with E-state index >= 15 is 0 Å². The lowest BCUT2D eigenvalue weighted by molar-refractivity contribution is -0.126. The Morgan fingerprint density at radius 2 is 2.09 bits per heavy atom. The number of nitrogens with one attached hydrogen (secondary N) is 1. The number of methoxy groups -OCH3 is 2. The van der Waals surface area contributed by atoms with Crippen LogP contribution in [0.4, 0.5) is 0 Å². The maximum Gasteiger partial charge on any atom is 0.223 e. The lowest BCUT2D eigenvalue weighted by Crippen LogP contribution is -2.34. The number of hydrogen-bond acceptors (Lipinski definition) is 4. The van der Waals surface area contributed by atoms with Crippen LogP contribution in [0.2, 0.25) is 0 Å². The van der Waals surface area contributed by atoms with E-state index in [4.69, 9.17) is 15.2 Å². The Morgan fingerprint density at radius 1 is 1.32 bits per heavy atom. The second-order valence-corrected chi connectivity index (χ2v) is 5.40. The third kappa shape index (κ3) is 4.05. The molecule has 22 heavy (non-hydrogen) atoms. The predicted octanol–water partition coefficient (Wildman–Crippen LogP) is 2.12. The molecule has 1 aliphatic carbocycles. The molecule has 1 aliphatic rings. The van der Waals surface area contributed by atoms with Crippen LogP contribution in [0.5, 0.6) is 11.5 Å². The zero-order valence-electron chi connectivity index (χ0n) is 13.1. The number of carbonyl (C=O) groups excluding carboxylic acids is 1. The number of hydrogen-bond donors (Lipinski definition) is 2. The SMILES string of the molecule is COc1cccc(CNC(=O)[C@@H]2CCC[C@@H]2CN)c1OC.Cl. The minimum absolute atomic E-state index is 0. The Balaban J connectivity index is 0.00000242. The number of amides is 1. The summed E-state index contributed by atoms with van der Waals surface area (Å²) in [7, 11) is 3.20. The van der Waals surface area contributed by atoms with Crippen molar-refractivity contribution in [2.75, 3.05) is 20.8 Å². The molecule has 5 nitrogen and oxygen atoms in total. The van der Waals surface area contributed by atoms with Crippen molar-refractivity contribution in [3.8, 4) is 11.5 Å². The number of ether oxygens (including phenoxy) is 2. The Kier molecular flexibility index (Phi) is 7.48. The molecule has 2 atom stereocenters. The number of benzene rings is 1. The van der Waals surface area contributed by atoms with Gasteiger partial charge < -0.3 is 20.5 Å². The molecule has 1 amide bonds. The van der Waals surface area contributed by atoms with E-state index in [0.717, 1.165) is 24.8 Å². The first-order valence-electron chi connectivity index (χ1n) is 7.38. The van der Waals surface area contributed by atoms with Crippen LogP contribution < -0.4 is 20.5 Å². The monoisotopic (exact) mass is 328 g/mol. The molecule has 1 aromatic carbocycles. The first-order chi connectivity index (χ1) is 10.2. The second kappa shape index (κ2) is 8.86. The standard InChI is InChI=1S/C16H24N2O3.ClH/c1-20-14-8-4-6-12(15(14)21-2)10-18-16(19)13-7-3-5-11(13)9-17;/h4,6,8,11,13H,3,5,7,9-10,17H2,1-2H3,(H,18,19);1H/t11-,13-;/m1./s1. The first kappa shape index (κ1) is 18.6. The van der Waals surface area contributed by atoms with E-state index in [2.05, 4.69) is 5.32 Å². The molecule has 124 valence electrons. The van der Waals surface area contributed by atoms with Crippen molar-refractivity contribution in [2.24, 2.45) is 17.6 Å². The minimum atomic E-state index is 0. The van der Waals surface area contributed by atoms with Crippen LogP contribution in [0.1, 0.15) is 24.8 Å². The van der Waals surface area contributed by atoms with Gasteiger partial charge in [0.15, 0.2) is 11.5 Å². The van der Waals surface area contributed by atoms with Crippen LogP contribution >= 0.6 is 12.4 Å². The second-order valence-electron chi connectivity index (χ2n) is 5.40. The van der Waals surface area contributed by atoms with Gasteiger partial charge in [0.25, 0.3) is 0 Å². The van der Waals surface area contributed by atoms with E-state index < -0.39 is 0 Å². The number of halogens is 1. The quantitative estimate of drug-likeness (QED) is 0.839. The smallest absolute Gasteiger partial charge is 0.223 e. The fourth-order valence-corrected chi connectivity index (χ4v) is 3.07. The van der Waals surface area contributed by atoms with Crippen LogP contribution in [-0.2, 0) is 11.3 Å². The summed E-state index contributed by atoms with van der Waals surface area (Å²) in [5.41, 5.74) is 6.65. The van der Waals surface area contributed by atoms with Gasteiger partial charge in [-0.15, -0.1) is 12.4 Å². The largest absolute Gasteiger partial charge is 0.493 e. The van der Waals surface area contributed by atoms with Gasteiger partial charge in [0.05, 0.1) is 14.2 Å². The number of rotatable bonds is 6. The summed E-state index contributed by atoms with van der Waals surface area (Å²) in [5, 5.41) is 3.00. The Hall–Kier alpha value is -1.46. The lowest BCUT2D eigenvalue weighted by atomic mass is 9.95. The van der Waals surface area contributed by atoms with Crippen molar-refractivity contribution in [1.82, 2.24) is 5.32 Å². The molecule has 0 heterocycles. The van der Waals surface area contributed by atoms with E-state index in [1.54, 1.807) is 14.2 Å². The molecule has 0 aromatic heterocycles. The minimum Gasteiger partial charge on any atom is -0.493 e. The third-order valence-corrected chi connectivity index (χ3v) is 4.24. The van der Waals surface area contributed by atoms with Crippen molar-refractivity contribution in [2.45, 2.75) is 25.8 Å². The van der Waals surface area contributed by atoms with E-state index in [9.17, 15) is 4.79 Å². The third-order valence-electron chi connectivity index (χ3n) is 4.24. The molecule has 1 saturated carbocycles. The highest BCUT2D eigenvalue weighted by Crippen LogP contribution is 2.32. The number of carbonyl (C=O) groups is 1. The summed E-state index contributed by atoms with van der Waals surface area (Å²) >= 11 is 0. The maximum atomic E-state index is 12.3. The molecule has 6 heteroatoms.